The van der Waals surface area contributed by atoms with Crippen LogP contribution in [0.2, 0.25) is 0 Å². The number of rotatable bonds is 6. The SMILES string of the molecule is CCN(CC(C)C#N)c1ccc(C(C)NC)cc1. The van der Waals surface area contributed by atoms with Gasteiger partial charge in [-0.3, -0.25) is 0 Å². The summed E-state index contributed by atoms with van der Waals surface area (Å²) in [7, 11) is 1.96. The lowest BCUT2D eigenvalue weighted by Crippen LogP contribution is -2.27. The summed E-state index contributed by atoms with van der Waals surface area (Å²) in [6, 6.07) is 11.2. The fourth-order valence-corrected chi connectivity index (χ4v) is 1.93. The molecule has 0 bridgehead atoms. The van der Waals surface area contributed by atoms with Crippen LogP contribution >= 0.6 is 0 Å². The van der Waals surface area contributed by atoms with Gasteiger partial charge in [0.1, 0.15) is 0 Å². The van der Waals surface area contributed by atoms with E-state index >= 15 is 0 Å². The predicted molar refractivity (Wildman–Crippen MR) is 76.6 cm³/mol. The summed E-state index contributed by atoms with van der Waals surface area (Å²) >= 11 is 0. The number of nitrogens with one attached hydrogen (secondary N) is 1. The van der Waals surface area contributed by atoms with E-state index in [1.165, 1.54) is 11.3 Å². The molecule has 2 unspecified atom stereocenters. The highest BCUT2D eigenvalue weighted by molar-refractivity contribution is 5.48. The first-order valence-electron chi connectivity index (χ1n) is 6.54. The molecule has 0 radical (unpaired) electrons. The lowest BCUT2D eigenvalue weighted by molar-refractivity contribution is 0.651. The Balaban J connectivity index is 2.79. The van der Waals surface area contributed by atoms with E-state index in [0.29, 0.717) is 6.04 Å². The maximum atomic E-state index is 8.89. The van der Waals surface area contributed by atoms with Gasteiger partial charge in [0.25, 0.3) is 0 Å². The molecule has 0 aliphatic carbocycles. The molecule has 1 aromatic rings. The van der Waals surface area contributed by atoms with E-state index in [-0.39, 0.29) is 5.92 Å². The first-order chi connectivity index (χ1) is 8.62. The summed E-state index contributed by atoms with van der Waals surface area (Å²) < 4.78 is 0. The third-order valence-electron chi connectivity index (χ3n) is 3.29. The van der Waals surface area contributed by atoms with Gasteiger partial charge in [0.05, 0.1) is 12.0 Å². The second-order valence-corrected chi connectivity index (χ2v) is 4.67. The average molecular weight is 245 g/mol. The molecule has 1 rings (SSSR count). The minimum absolute atomic E-state index is 0.0564. The van der Waals surface area contributed by atoms with Crippen LogP contribution in [-0.2, 0) is 0 Å². The van der Waals surface area contributed by atoms with E-state index < -0.39 is 0 Å². The molecular formula is C15H23N3. The van der Waals surface area contributed by atoms with Crippen LogP contribution in [0.1, 0.15) is 32.4 Å². The van der Waals surface area contributed by atoms with Gasteiger partial charge in [0.2, 0.25) is 0 Å². The second-order valence-electron chi connectivity index (χ2n) is 4.67. The number of nitriles is 1. The van der Waals surface area contributed by atoms with Crippen molar-refractivity contribution in [3.8, 4) is 6.07 Å². The van der Waals surface area contributed by atoms with E-state index in [0.717, 1.165) is 13.1 Å². The third kappa shape index (κ3) is 3.75. The Morgan fingerprint density at radius 1 is 1.28 bits per heavy atom. The van der Waals surface area contributed by atoms with Crippen molar-refractivity contribution in [1.29, 1.82) is 5.26 Å². The lowest BCUT2D eigenvalue weighted by Gasteiger charge is -2.24. The summed E-state index contributed by atoms with van der Waals surface area (Å²) in [6.45, 7) is 7.93. The van der Waals surface area contributed by atoms with Crippen molar-refractivity contribution in [2.75, 3.05) is 25.0 Å². The van der Waals surface area contributed by atoms with Gasteiger partial charge in [-0.2, -0.15) is 5.26 Å². The molecule has 3 heteroatoms. The molecular weight excluding hydrogens is 222 g/mol. The van der Waals surface area contributed by atoms with E-state index in [2.05, 4.69) is 54.4 Å². The topological polar surface area (TPSA) is 39.1 Å². The Kier molecular flexibility index (Phi) is 5.67. The molecule has 0 saturated heterocycles. The van der Waals surface area contributed by atoms with Crippen LogP contribution in [0.15, 0.2) is 24.3 Å². The highest BCUT2D eigenvalue weighted by atomic mass is 15.1. The highest BCUT2D eigenvalue weighted by Gasteiger charge is 2.09. The zero-order valence-corrected chi connectivity index (χ0v) is 11.8. The van der Waals surface area contributed by atoms with Crippen molar-refractivity contribution in [3.63, 3.8) is 0 Å². The predicted octanol–water partition coefficient (Wildman–Crippen LogP) is 2.95. The molecule has 98 valence electrons. The van der Waals surface area contributed by atoms with Crippen molar-refractivity contribution in [1.82, 2.24) is 5.32 Å². The van der Waals surface area contributed by atoms with Gasteiger partial charge in [-0.1, -0.05) is 12.1 Å². The normalized spacial score (nSPS) is 13.7. The summed E-state index contributed by atoms with van der Waals surface area (Å²) in [5, 5.41) is 12.1. The molecule has 0 spiro atoms. The van der Waals surface area contributed by atoms with Crippen molar-refractivity contribution >= 4 is 5.69 Å². The quantitative estimate of drug-likeness (QED) is 0.837. The summed E-state index contributed by atoms with van der Waals surface area (Å²) in [6.07, 6.45) is 0. The number of nitrogens with zero attached hydrogens (tertiary/aromatic N) is 2. The van der Waals surface area contributed by atoms with Crippen LogP contribution in [0.25, 0.3) is 0 Å². The Morgan fingerprint density at radius 2 is 1.89 bits per heavy atom. The molecule has 0 aliphatic rings. The second kappa shape index (κ2) is 7.03. The van der Waals surface area contributed by atoms with E-state index in [1.807, 2.05) is 14.0 Å². The number of benzene rings is 1. The minimum Gasteiger partial charge on any atom is -0.371 e. The first-order valence-corrected chi connectivity index (χ1v) is 6.54. The van der Waals surface area contributed by atoms with Crippen molar-refractivity contribution < 1.29 is 0 Å². The van der Waals surface area contributed by atoms with Crippen molar-refractivity contribution in [2.45, 2.75) is 26.8 Å². The summed E-state index contributed by atoms with van der Waals surface area (Å²) in [4.78, 5) is 2.24. The van der Waals surface area contributed by atoms with Crippen LogP contribution in [0.4, 0.5) is 5.69 Å². The molecule has 18 heavy (non-hydrogen) atoms. The van der Waals surface area contributed by atoms with Gasteiger partial charge < -0.3 is 10.2 Å². The molecule has 0 saturated carbocycles. The Morgan fingerprint density at radius 3 is 2.33 bits per heavy atom. The summed E-state index contributed by atoms with van der Waals surface area (Å²) in [5.41, 5.74) is 2.47. The molecule has 2 atom stereocenters. The van der Waals surface area contributed by atoms with Gasteiger partial charge >= 0.3 is 0 Å². The van der Waals surface area contributed by atoms with E-state index in [4.69, 9.17) is 5.26 Å². The molecule has 3 nitrogen and oxygen atoms in total. The van der Waals surface area contributed by atoms with Crippen LogP contribution in [0, 0.1) is 17.2 Å². The third-order valence-corrected chi connectivity index (χ3v) is 3.29. The molecule has 0 aromatic heterocycles. The van der Waals surface area contributed by atoms with Crippen LogP contribution in [0.5, 0.6) is 0 Å². The fourth-order valence-electron chi connectivity index (χ4n) is 1.93. The first kappa shape index (κ1) is 14.5. The van der Waals surface area contributed by atoms with E-state index in [9.17, 15) is 0 Å². The molecule has 0 amide bonds. The fraction of sp³-hybridized carbons (Fsp3) is 0.533. The van der Waals surface area contributed by atoms with Crippen LogP contribution in [-0.4, -0.2) is 20.1 Å². The van der Waals surface area contributed by atoms with Gasteiger partial charge in [-0.15, -0.1) is 0 Å². The maximum Gasteiger partial charge on any atom is 0.0671 e. The zero-order chi connectivity index (χ0) is 13.5. The molecule has 0 aliphatic heterocycles. The smallest absolute Gasteiger partial charge is 0.0671 e. The maximum absolute atomic E-state index is 8.89. The van der Waals surface area contributed by atoms with Gasteiger partial charge in [-0.05, 0) is 45.5 Å². The summed E-state index contributed by atoms with van der Waals surface area (Å²) in [5.74, 6) is 0.0564. The van der Waals surface area contributed by atoms with E-state index in [1.54, 1.807) is 0 Å². The van der Waals surface area contributed by atoms with Gasteiger partial charge in [-0.25, -0.2) is 0 Å². The van der Waals surface area contributed by atoms with Crippen LogP contribution in [0.3, 0.4) is 0 Å². The Bertz CT molecular complexity index is 391. The van der Waals surface area contributed by atoms with Crippen LogP contribution < -0.4 is 10.2 Å². The zero-order valence-electron chi connectivity index (χ0n) is 11.8. The standard InChI is InChI=1S/C15H23N3/c1-5-18(11-12(2)10-16)15-8-6-14(7-9-15)13(3)17-4/h6-9,12-13,17H,5,11H2,1-4H3. The molecule has 1 aromatic carbocycles. The lowest BCUT2D eigenvalue weighted by atomic mass is 10.1. The van der Waals surface area contributed by atoms with Crippen molar-refractivity contribution in [2.24, 2.45) is 5.92 Å². The number of hydrogen-bond donors (Lipinski definition) is 1. The van der Waals surface area contributed by atoms with Gasteiger partial charge in [0.15, 0.2) is 0 Å². The molecule has 0 heterocycles. The highest BCUT2D eigenvalue weighted by Crippen LogP contribution is 2.19. The minimum atomic E-state index is 0.0564. The van der Waals surface area contributed by atoms with Crippen molar-refractivity contribution in [3.05, 3.63) is 29.8 Å². The number of hydrogen-bond acceptors (Lipinski definition) is 3. The largest absolute Gasteiger partial charge is 0.371 e. The average Bonchev–Trinajstić information content (AvgIpc) is 2.43. The number of anilines is 1. The Labute approximate surface area is 110 Å². The Hall–Kier alpha value is -1.53. The monoisotopic (exact) mass is 245 g/mol. The molecule has 0 fully saturated rings. The van der Waals surface area contributed by atoms with Gasteiger partial charge in [0, 0.05) is 24.8 Å². The molecule has 1 N–H and O–H groups in total.